The lowest BCUT2D eigenvalue weighted by atomic mass is 10.00. The largest absolute Gasteiger partial charge is 0.390 e. The monoisotopic (exact) mass is 326 g/mol. The minimum absolute atomic E-state index is 0.217. The summed E-state index contributed by atoms with van der Waals surface area (Å²) in [4.78, 5) is 17.9. The molecule has 3 rings (SSSR count). The highest BCUT2D eigenvalue weighted by molar-refractivity contribution is 5.89. The first-order chi connectivity index (χ1) is 11.7. The van der Waals surface area contributed by atoms with Crippen LogP contribution in [0.15, 0.2) is 48.8 Å². The molecular weight excluding hydrogens is 304 g/mol. The quantitative estimate of drug-likeness (QED) is 0.780. The Morgan fingerprint density at radius 1 is 1.21 bits per heavy atom. The van der Waals surface area contributed by atoms with Crippen LogP contribution in [0.2, 0.25) is 0 Å². The van der Waals surface area contributed by atoms with Crippen LogP contribution in [0.4, 0.5) is 10.5 Å². The second kappa shape index (κ2) is 7.90. The van der Waals surface area contributed by atoms with Crippen LogP contribution >= 0.6 is 0 Å². The third-order valence-corrected chi connectivity index (χ3v) is 4.12. The molecule has 0 saturated carbocycles. The molecule has 1 aromatic carbocycles. The maximum Gasteiger partial charge on any atom is 0.319 e. The van der Waals surface area contributed by atoms with E-state index in [0.717, 1.165) is 19.5 Å². The highest BCUT2D eigenvalue weighted by Gasteiger charge is 2.18. The SMILES string of the molecule is O=C(NCC(O)CN1CCc2ccccc2C1)Nc1ccncc1. The number of amides is 2. The molecule has 0 spiro atoms. The number of nitrogens with zero attached hydrogens (tertiary/aromatic N) is 2. The summed E-state index contributed by atoms with van der Waals surface area (Å²) in [7, 11) is 0. The molecule has 1 unspecified atom stereocenters. The number of rotatable bonds is 5. The fourth-order valence-corrected chi connectivity index (χ4v) is 2.89. The van der Waals surface area contributed by atoms with Gasteiger partial charge in [0.1, 0.15) is 0 Å². The molecule has 0 aliphatic carbocycles. The molecule has 0 bridgehead atoms. The standard InChI is InChI=1S/C18H22N4O2/c23-17(11-20-18(24)21-16-5-8-19-9-6-16)13-22-10-7-14-3-1-2-4-15(14)12-22/h1-6,8-9,17,23H,7,10-13H2,(H2,19,20,21,24). The number of carbonyl (C=O) groups is 1. The van der Waals surface area contributed by atoms with E-state index in [9.17, 15) is 9.90 Å². The fourth-order valence-electron chi connectivity index (χ4n) is 2.89. The predicted molar refractivity (Wildman–Crippen MR) is 92.7 cm³/mol. The molecule has 1 aliphatic heterocycles. The van der Waals surface area contributed by atoms with Crippen molar-refractivity contribution in [3.8, 4) is 0 Å². The van der Waals surface area contributed by atoms with Crippen LogP contribution in [0.3, 0.4) is 0 Å². The van der Waals surface area contributed by atoms with Gasteiger partial charge in [0, 0.05) is 44.3 Å². The van der Waals surface area contributed by atoms with E-state index >= 15 is 0 Å². The van der Waals surface area contributed by atoms with Crippen LogP contribution < -0.4 is 10.6 Å². The summed E-state index contributed by atoms with van der Waals surface area (Å²) < 4.78 is 0. The van der Waals surface area contributed by atoms with Crippen LogP contribution in [0.25, 0.3) is 0 Å². The van der Waals surface area contributed by atoms with Gasteiger partial charge in [0.25, 0.3) is 0 Å². The maximum absolute atomic E-state index is 11.8. The van der Waals surface area contributed by atoms with Crippen LogP contribution in [-0.4, -0.2) is 46.8 Å². The molecule has 6 heteroatoms. The second-order valence-corrected chi connectivity index (χ2v) is 5.98. The third kappa shape index (κ3) is 4.53. The molecule has 2 heterocycles. The molecule has 1 aromatic heterocycles. The van der Waals surface area contributed by atoms with Gasteiger partial charge >= 0.3 is 6.03 Å². The zero-order valence-electron chi connectivity index (χ0n) is 13.5. The first-order valence-electron chi connectivity index (χ1n) is 8.13. The zero-order chi connectivity index (χ0) is 16.8. The normalized spacial score (nSPS) is 15.4. The van der Waals surface area contributed by atoms with Crippen molar-refractivity contribution in [2.24, 2.45) is 0 Å². The number of anilines is 1. The van der Waals surface area contributed by atoms with Crippen molar-refractivity contribution in [1.29, 1.82) is 0 Å². The Bertz CT molecular complexity index is 678. The first kappa shape index (κ1) is 16.4. The lowest BCUT2D eigenvalue weighted by molar-refractivity contribution is 0.106. The predicted octanol–water partition coefficient (Wildman–Crippen LogP) is 1.62. The number of hydrogen-bond donors (Lipinski definition) is 3. The number of β-amino-alcohol motifs (C(OH)–C–C–N with tert-alkyl or cyclic N) is 1. The molecule has 2 aromatic rings. The van der Waals surface area contributed by atoms with Crippen molar-refractivity contribution >= 4 is 11.7 Å². The molecule has 2 amide bonds. The molecule has 126 valence electrons. The molecule has 1 atom stereocenters. The van der Waals surface area contributed by atoms with E-state index in [-0.39, 0.29) is 12.6 Å². The molecule has 0 radical (unpaired) electrons. The van der Waals surface area contributed by atoms with Gasteiger partial charge in [0.2, 0.25) is 0 Å². The Labute approximate surface area is 141 Å². The number of fused-ring (bicyclic) bond motifs is 1. The highest BCUT2D eigenvalue weighted by atomic mass is 16.3. The van der Waals surface area contributed by atoms with Gasteiger partial charge in [0.05, 0.1) is 6.10 Å². The van der Waals surface area contributed by atoms with Crippen molar-refractivity contribution in [3.63, 3.8) is 0 Å². The van der Waals surface area contributed by atoms with E-state index in [4.69, 9.17) is 0 Å². The summed E-state index contributed by atoms with van der Waals surface area (Å²) in [5.74, 6) is 0. The number of hydrogen-bond acceptors (Lipinski definition) is 4. The number of aromatic nitrogens is 1. The Morgan fingerprint density at radius 3 is 2.75 bits per heavy atom. The van der Waals surface area contributed by atoms with E-state index in [1.54, 1.807) is 24.5 Å². The lowest BCUT2D eigenvalue weighted by Crippen LogP contribution is -2.42. The van der Waals surface area contributed by atoms with Gasteiger partial charge < -0.3 is 15.7 Å². The molecule has 0 fully saturated rings. The number of aliphatic hydroxyl groups excluding tert-OH is 1. The molecule has 0 saturated heterocycles. The number of nitrogens with one attached hydrogen (secondary N) is 2. The van der Waals surface area contributed by atoms with Crippen molar-refractivity contribution in [2.75, 3.05) is 25.0 Å². The van der Waals surface area contributed by atoms with E-state index in [1.807, 2.05) is 6.07 Å². The van der Waals surface area contributed by atoms with E-state index < -0.39 is 6.10 Å². The van der Waals surface area contributed by atoms with Gasteiger partial charge in [-0.15, -0.1) is 0 Å². The third-order valence-electron chi connectivity index (χ3n) is 4.12. The Balaban J connectivity index is 1.41. The van der Waals surface area contributed by atoms with Gasteiger partial charge in [-0.05, 0) is 29.7 Å². The molecule has 24 heavy (non-hydrogen) atoms. The summed E-state index contributed by atoms with van der Waals surface area (Å²) >= 11 is 0. The van der Waals surface area contributed by atoms with Crippen LogP contribution in [0, 0.1) is 0 Å². The van der Waals surface area contributed by atoms with Crippen LogP contribution in [-0.2, 0) is 13.0 Å². The molecule has 6 nitrogen and oxygen atoms in total. The summed E-state index contributed by atoms with van der Waals surface area (Å²) in [5, 5.41) is 15.6. The number of pyridine rings is 1. The summed E-state index contributed by atoms with van der Waals surface area (Å²) in [6, 6.07) is 11.5. The number of carbonyl (C=O) groups excluding carboxylic acids is 1. The average Bonchev–Trinajstić information content (AvgIpc) is 2.61. The van der Waals surface area contributed by atoms with Crippen molar-refractivity contribution in [1.82, 2.24) is 15.2 Å². The zero-order valence-corrected chi connectivity index (χ0v) is 13.5. The highest BCUT2D eigenvalue weighted by Crippen LogP contribution is 2.18. The number of aliphatic hydroxyl groups is 1. The first-order valence-corrected chi connectivity index (χ1v) is 8.13. The maximum atomic E-state index is 11.8. The molecular formula is C18H22N4O2. The minimum Gasteiger partial charge on any atom is -0.390 e. The van der Waals surface area contributed by atoms with Crippen molar-refractivity contribution in [2.45, 2.75) is 19.1 Å². The van der Waals surface area contributed by atoms with Crippen LogP contribution in [0.1, 0.15) is 11.1 Å². The lowest BCUT2D eigenvalue weighted by Gasteiger charge is -2.30. The van der Waals surface area contributed by atoms with E-state index in [2.05, 4.69) is 38.7 Å². The Morgan fingerprint density at radius 2 is 1.96 bits per heavy atom. The summed E-state index contributed by atoms with van der Waals surface area (Å²) in [6.45, 7) is 2.53. The van der Waals surface area contributed by atoms with Gasteiger partial charge in [0.15, 0.2) is 0 Å². The fraction of sp³-hybridized carbons (Fsp3) is 0.333. The summed E-state index contributed by atoms with van der Waals surface area (Å²) in [5.41, 5.74) is 3.38. The van der Waals surface area contributed by atoms with Gasteiger partial charge in [-0.3, -0.25) is 9.88 Å². The van der Waals surface area contributed by atoms with Crippen molar-refractivity contribution in [3.05, 3.63) is 59.9 Å². The van der Waals surface area contributed by atoms with Crippen molar-refractivity contribution < 1.29 is 9.90 Å². The van der Waals surface area contributed by atoms with Gasteiger partial charge in [-0.2, -0.15) is 0 Å². The number of benzene rings is 1. The minimum atomic E-state index is -0.599. The van der Waals surface area contributed by atoms with Crippen LogP contribution in [0.5, 0.6) is 0 Å². The van der Waals surface area contributed by atoms with Gasteiger partial charge in [-0.25, -0.2) is 4.79 Å². The average molecular weight is 326 g/mol. The summed E-state index contributed by atoms with van der Waals surface area (Å²) in [6.07, 6.45) is 3.62. The topological polar surface area (TPSA) is 77.5 Å². The van der Waals surface area contributed by atoms with E-state index in [0.29, 0.717) is 12.2 Å². The Hall–Kier alpha value is -2.44. The van der Waals surface area contributed by atoms with Gasteiger partial charge in [-0.1, -0.05) is 24.3 Å². The molecule has 1 aliphatic rings. The Kier molecular flexibility index (Phi) is 5.40. The second-order valence-electron chi connectivity index (χ2n) is 5.98. The number of urea groups is 1. The smallest absolute Gasteiger partial charge is 0.319 e. The van der Waals surface area contributed by atoms with E-state index in [1.165, 1.54) is 11.1 Å². The molecule has 3 N–H and O–H groups in total.